The minimum absolute atomic E-state index is 0. The quantitative estimate of drug-likeness (QED) is 0.415. The fraction of sp³-hybridized carbons (Fsp3) is 0.529. The Morgan fingerprint density at radius 1 is 1.43 bits per heavy atom. The molecule has 2 rings (SSSR count). The number of halogens is 1. The average Bonchev–Trinajstić information content (AvgIpc) is 2.97. The van der Waals surface area contributed by atoms with Gasteiger partial charge in [0.1, 0.15) is 0 Å². The first-order chi connectivity index (χ1) is 10.6. The van der Waals surface area contributed by atoms with Gasteiger partial charge in [-0.2, -0.15) is 17.0 Å². The number of rotatable bonds is 5. The summed E-state index contributed by atoms with van der Waals surface area (Å²) in [6.07, 6.45) is 2.56. The van der Waals surface area contributed by atoms with E-state index in [2.05, 4.69) is 35.5 Å². The monoisotopic (exact) mass is 444 g/mol. The zero-order valence-corrected chi connectivity index (χ0v) is 16.9. The van der Waals surface area contributed by atoms with Crippen LogP contribution in [0, 0.1) is 11.3 Å². The zero-order valence-electron chi connectivity index (χ0n) is 13.8. The van der Waals surface area contributed by atoms with E-state index in [9.17, 15) is 0 Å². The second-order valence-electron chi connectivity index (χ2n) is 5.76. The molecule has 0 aromatic heterocycles. The Kier molecular flexibility index (Phi) is 8.77. The molecular formula is C17H25IN4S. The van der Waals surface area contributed by atoms with Crippen LogP contribution in [0.2, 0.25) is 0 Å². The summed E-state index contributed by atoms with van der Waals surface area (Å²) < 4.78 is 0.316. The van der Waals surface area contributed by atoms with E-state index in [1.54, 1.807) is 0 Å². The van der Waals surface area contributed by atoms with Gasteiger partial charge in [0.05, 0.1) is 18.2 Å². The topological polar surface area (TPSA) is 60.2 Å². The van der Waals surface area contributed by atoms with Crippen molar-refractivity contribution < 1.29 is 0 Å². The van der Waals surface area contributed by atoms with E-state index in [0.29, 0.717) is 16.9 Å². The molecule has 0 aliphatic carbocycles. The summed E-state index contributed by atoms with van der Waals surface area (Å²) in [4.78, 5) is 4.63. The molecule has 1 atom stereocenters. The van der Waals surface area contributed by atoms with Gasteiger partial charge < -0.3 is 10.6 Å². The predicted octanol–water partition coefficient (Wildman–Crippen LogP) is 3.52. The Morgan fingerprint density at radius 2 is 2.26 bits per heavy atom. The van der Waals surface area contributed by atoms with Crippen molar-refractivity contribution in [3.8, 4) is 6.07 Å². The summed E-state index contributed by atoms with van der Waals surface area (Å²) in [7, 11) is 0. The van der Waals surface area contributed by atoms with E-state index < -0.39 is 0 Å². The molecule has 126 valence electrons. The van der Waals surface area contributed by atoms with Gasteiger partial charge in [-0.15, -0.1) is 24.0 Å². The Morgan fingerprint density at radius 3 is 2.91 bits per heavy atom. The normalized spacial score (nSPS) is 20.5. The third kappa shape index (κ3) is 6.60. The van der Waals surface area contributed by atoms with Gasteiger partial charge in [0.2, 0.25) is 0 Å². The van der Waals surface area contributed by atoms with Crippen molar-refractivity contribution in [2.24, 2.45) is 4.99 Å². The highest BCUT2D eigenvalue weighted by Gasteiger charge is 2.29. The van der Waals surface area contributed by atoms with Gasteiger partial charge in [-0.25, -0.2) is 4.99 Å². The van der Waals surface area contributed by atoms with Crippen molar-refractivity contribution >= 4 is 41.7 Å². The lowest BCUT2D eigenvalue weighted by Gasteiger charge is -2.24. The number of benzene rings is 1. The first kappa shape index (κ1) is 20.1. The molecule has 0 radical (unpaired) electrons. The van der Waals surface area contributed by atoms with Crippen LogP contribution in [-0.4, -0.2) is 29.5 Å². The molecule has 1 saturated heterocycles. The molecular weight excluding hydrogens is 419 g/mol. The second kappa shape index (κ2) is 10.0. The molecule has 1 aliphatic heterocycles. The molecule has 23 heavy (non-hydrogen) atoms. The van der Waals surface area contributed by atoms with Crippen LogP contribution in [0.5, 0.6) is 0 Å². The summed E-state index contributed by atoms with van der Waals surface area (Å²) in [6.45, 7) is 6.74. The van der Waals surface area contributed by atoms with E-state index in [1.807, 2.05) is 36.0 Å². The highest BCUT2D eigenvalue weighted by molar-refractivity contribution is 14.0. The van der Waals surface area contributed by atoms with Crippen molar-refractivity contribution in [2.45, 2.75) is 38.0 Å². The minimum atomic E-state index is 0. The molecule has 6 heteroatoms. The first-order valence-corrected chi connectivity index (χ1v) is 8.79. The van der Waals surface area contributed by atoms with Crippen molar-refractivity contribution in [3.05, 3.63) is 35.4 Å². The Balaban J connectivity index is 0.00000264. The molecule has 1 fully saturated rings. The van der Waals surface area contributed by atoms with Gasteiger partial charge in [-0.1, -0.05) is 12.1 Å². The molecule has 1 aliphatic rings. The smallest absolute Gasteiger partial charge is 0.191 e. The minimum Gasteiger partial charge on any atom is -0.357 e. The van der Waals surface area contributed by atoms with Gasteiger partial charge in [-0.3, -0.25) is 0 Å². The van der Waals surface area contributed by atoms with Crippen LogP contribution in [0.3, 0.4) is 0 Å². The largest absolute Gasteiger partial charge is 0.357 e. The average molecular weight is 444 g/mol. The van der Waals surface area contributed by atoms with Crippen LogP contribution in [0.15, 0.2) is 29.3 Å². The third-order valence-electron chi connectivity index (χ3n) is 3.75. The van der Waals surface area contributed by atoms with Gasteiger partial charge in [0.25, 0.3) is 0 Å². The summed E-state index contributed by atoms with van der Waals surface area (Å²) in [5.41, 5.74) is 1.73. The maximum absolute atomic E-state index is 8.94. The van der Waals surface area contributed by atoms with Gasteiger partial charge in [0, 0.05) is 17.8 Å². The third-order valence-corrected chi connectivity index (χ3v) is 5.29. The van der Waals surface area contributed by atoms with E-state index in [1.165, 1.54) is 18.6 Å². The maximum atomic E-state index is 8.94. The number of nitrogens with zero attached hydrogens (tertiary/aromatic N) is 2. The molecule has 0 amide bonds. The summed E-state index contributed by atoms with van der Waals surface area (Å²) in [5.74, 6) is 2.10. The molecule has 1 heterocycles. The molecule has 4 nitrogen and oxygen atoms in total. The van der Waals surface area contributed by atoms with Crippen LogP contribution < -0.4 is 10.6 Å². The summed E-state index contributed by atoms with van der Waals surface area (Å²) in [6, 6.07) is 9.77. The zero-order chi connectivity index (χ0) is 15.8. The first-order valence-electron chi connectivity index (χ1n) is 7.80. The fourth-order valence-corrected chi connectivity index (χ4v) is 3.74. The van der Waals surface area contributed by atoms with E-state index in [-0.39, 0.29) is 24.0 Å². The Labute approximate surface area is 160 Å². The fourth-order valence-electron chi connectivity index (χ4n) is 2.50. The second-order valence-corrected chi connectivity index (χ2v) is 7.45. The van der Waals surface area contributed by atoms with Crippen molar-refractivity contribution in [2.75, 3.05) is 18.8 Å². The van der Waals surface area contributed by atoms with Gasteiger partial charge in [-0.05, 0) is 50.1 Å². The van der Waals surface area contributed by atoms with Gasteiger partial charge in [0.15, 0.2) is 5.96 Å². The highest BCUT2D eigenvalue weighted by Crippen LogP contribution is 2.36. The highest BCUT2D eigenvalue weighted by atomic mass is 127. The molecule has 0 saturated carbocycles. The SMILES string of the molecule is CCNC(=NCc1cccc(C#N)c1)NCC1(C)CCCS1.I. The Bertz CT molecular complexity index is 562. The molecule has 1 aromatic carbocycles. The lowest BCUT2D eigenvalue weighted by Crippen LogP contribution is -2.43. The molecule has 0 bridgehead atoms. The predicted molar refractivity (Wildman–Crippen MR) is 109 cm³/mol. The van der Waals surface area contributed by atoms with Crippen LogP contribution in [-0.2, 0) is 6.54 Å². The van der Waals surface area contributed by atoms with Crippen LogP contribution in [0.1, 0.15) is 37.8 Å². The van der Waals surface area contributed by atoms with Crippen LogP contribution >= 0.6 is 35.7 Å². The number of hydrogen-bond donors (Lipinski definition) is 2. The van der Waals surface area contributed by atoms with E-state index in [4.69, 9.17) is 5.26 Å². The van der Waals surface area contributed by atoms with Gasteiger partial charge >= 0.3 is 0 Å². The summed E-state index contributed by atoms with van der Waals surface area (Å²) >= 11 is 2.04. The van der Waals surface area contributed by atoms with Crippen molar-refractivity contribution in [1.82, 2.24) is 10.6 Å². The standard InChI is InChI=1S/C17H24N4S.HI/c1-3-19-16(21-13-17(2)8-5-9-22-17)20-12-15-7-4-6-14(10-15)11-18;/h4,6-7,10H,3,5,8-9,12-13H2,1-2H3,(H2,19,20,21);1H. The lowest BCUT2D eigenvalue weighted by molar-refractivity contribution is 0.584. The van der Waals surface area contributed by atoms with E-state index in [0.717, 1.165) is 24.6 Å². The number of nitrogens with one attached hydrogen (secondary N) is 2. The molecule has 1 aromatic rings. The summed E-state index contributed by atoms with van der Waals surface area (Å²) in [5, 5.41) is 15.7. The molecule has 2 N–H and O–H groups in total. The molecule has 1 unspecified atom stereocenters. The number of nitriles is 1. The number of aliphatic imine (C=N–C) groups is 1. The van der Waals surface area contributed by atoms with E-state index >= 15 is 0 Å². The van der Waals surface area contributed by atoms with Crippen molar-refractivity contribution in [3.63, 3.8) is 0 Å². The van der Waals surface area contributed by atoms with Crippen molar-refractivity contribution in [1.29, 1.82) is 5.26 Å². The number of thioether (sulfide) groups is 1. The Hall–Kier alpha value is -0.940. The maximum Gasteiger partial charge on any atom is 0.191 e. The van der Waals surface area contributed by atoms with Crippen LogP contribution in [0.4, 0.5) is 0 Å². The number of hydrogen-bond acceptors (Lipinski definition) is 3. The van der Waals surface area contributed by atoms with Crippen LogP contribution in [0.25, 0.3) is 0 Å². The molecule has 0 spiro atoms. The number of guanidine groups is 1. The lowest BCUT2D eigenvalue weighted by atomic mass is 10.1.